The molecule has 4 rings (SSSR count). The summed E-state index contributed by atoms with van der Waals surface area (Å²) in [5.41, 5.74) is 4.96. The number of aliphatic hydroxyl groups is 1. The predicted molar refractivity (Wildman–Crippen MR) is 112 cm³/mol. The van der Waals surface area contributed by atoms with E-state index < -0.39 is 6.10 Å². The van der Waals surface area contributed by atoms with Gasteiger partial charge in [-0.2, -0.15) is 5.10 Å². The number of hydrogen-bond donors (Lipinski definition) is 1. The van der Waals surface area contributed by atoms with E-state index in [1.165, 1.54) is 10.1 Å². The highest BCUT2D eigenvalue weighted by atomic mass is 16.5. The fourth-order valence-electron chi connectivity index (χ4n) is 3.34. The second-order valence-corrected chi connectivity index (χ2v) is 7.20. The Balaban J connectivity index is 1.65. The second-order valence-electron chi connectivity index (χ2n) is 7.20. The van der Waals surface area contributed by atoms with E-state index in [9.17, 15) is 9.90 Å². The van der Waals surface area contributed by atoms with E-state index >= 15 is 0 Å². The highest BCUT2D eigenvalue weighted by Gasteiger charge is 2.13. The molecule has 2 heterocycles. The van der Waals surface area contributed by atoms with Crippen LogP contribution >= 0.6 is 0 Å². The lowest BCUT2D eigenvalue weighted by Crippen LogP contribution is -2.24. The Morgan fingerprint density at radius 2 is 1.79 bits per heavy atom. The summed E-state index contributed by atoms with van der Waals surface area (Å²) in [6, 6.07) is 15.1. The topological polar surface area (TPSA) is 68.8 Å². The number of nitrogens with zero attached hydrogens (tertiary/aromatic N) is 3. The van der Waals surface area contributed by atoms with Gasteiger partial charge in [-0.15, -0.1) is 0 Å². The van der Waals surface area contributed by atoms with Crippen LogP contribution in [-0.4, -0.2) is 26.4 Å². The molecule has 29 heavy (non-hydrogen) atoms. The number of methoxy groups -OCH3 is 1. The van der Waals surface area contributed by atoms with Gasteiger partial charge in [0.15, 0.2) is 0 Å². The van der Waals surface area contributed by atoms with Gasteiger partial charge in [-0.25, -0.2) is 4.52 Å². The summed E-state index contributed by atoms with van der Waals surface area (Å²) < 4.78 is 8.28. The molecular weight excluding hydrogens is 366 g/mol. The SMILES string of the molecule is COc1ccc(-c2cc3c(=O)n(C[C@H](O)c4ccc(C)c(C)c4)ccn3n2)cc1. The van der Waals surface area contributed by atoms with Crippen LogP contribution < -0.4 is 10.3 Å². The number of benzene rings is 2. The molecular formula is C23H23N3O3. The molecule has 1 N–H and O–H groups in total. The quantitative estimate of drug-likeness (QED) is 0.567. The van der Waals surface area contributed by atoms with Gasteiger partial charge in [0, 0.05) is 18.0 Å². The Hall–Kier alpha value is -3.38. The molecule has 0 fully saturated rings. The maximum Gasteiger partial charge on any atom is 0.276 e. The van der Waals surface area contributed by atoms with Crippen LogP contribution in [0.15, 0.2) is 65.7 Å². The van der Waals surface area contributed by atoms with Crippen molar-refractivity contribution in [1.82, 2.24) is 14.2 Å². The molecule has 0 bridgehead atoms. The fourth-order valence-corrected chi connectivity index (χ4v) is 3.34. The molecule has 0 radical (unpaired) electrons. The van der Waals surface area contributed by atoms with Gasteiger partial charge in [0.2, 0.25) is 0 Å². The van der Waals surface area contributed by atoms with Gasteiger partial charge < -0.3 is 14.4 Å². The lowest BCUT2D eigenvalue weighted by atomic mass is 10.0. The average molecular weight is 389 g/mol. The summed E-state index contributed by atoms with van der Waals surface area (Å²) in [5, 5.41) is 15.1. The molecule has 148 valence electrons. The summed E-state index contributed by atoms with van der Waals surface area (Å²) in [6.07, 6.45) is 2.62. The van der Waals surface area contributed by atoms with Crippen molar-refractivity contribution < 1.29 is 9.84 Å². The maximum absolute atomic E-state index is 12.9. The third-order valence-corrected chi connectivity index (χ3v) is 5.27. The Bertz CT molecular complexity index is 1220. The lowest BCUT2D eigenvalue weighted by Gasteiger charge is -2.14. The van der Waals surface area contributed by atoms with E-state index in [-0.39, 0.29) is 12.1 Å². The third-order valence-electron chi connectivity index (χ3n) is 5.27. The minimum absolute atomic E-state index is 0.181. The van der Waals surface area contributed by atoms with Crippen LogP contribution in [0.4, 0.5) is 0 Å². The molecule has 0 amide bonds. The van der Waals surface area contributed by atoms with E-state index in [0.717, 1.165) is 22.4 Å². The van der Waals surface area contributed by atoms with Crippen LogP contribution in [0.5, 0.6) is 5.75 Å². The van der Waals surface area contributed by atoms with E-state index in [0.29, 0.717) is 11.2 Å². The van der Waals surface area contributed by atoms with Gasteiger partial charge >= 0.3 is 0 Å². The van der Waals surface area contributed by atoms with Crippen LogP contribution in [0.25, 0.3) is 16.8 Å². The summed E-state index contributed by atoms with van der Waals surface area (Å²) in [5.74, 6) is 0.764. The van der Waals surface area contributed by atoms with Gasteiger partial charge in [-0.3, -0.25) is 4.79 Å². The molecule has 2 aromatic heterocycles. The number of aromatic nitrogens is 3. The summed E-state index contributed by atoms with van der Waals surface area (Å²) in [7, 11) is 1.62. The van der Waals surface area contributed by atoms with Crippen molar-refractivity contribution in [2.75, 3.05) is 7.11 Å². The molecule has 2 aromatic carbocycles. The van der Waals surface area contributed by atoms with E-state index in [1.807, 2.05) is 56.3 Å². The van der Waals surface area contributed by atoms with Crippen LogP contribution in [0.3, 0.4) is 0 Å². The first kappa shape index (κ1) is 19.0. The fraction of sp³-hybridized carbons (Fsp3) is 0.217. The highest BCUT2D eigenvalue weighted by molar-refractivity contribution is 5.66. The van der Waals surface area contributed by atoms with E-state index in [1.54, 1.807) is 30.1 Å². The van der Waals surface area contributed by atoms with Crippen molar-refractivity contribution >= 4 is 5.52 Å². The first-order valence-electron chi connectivity index (χ1n) is 9.45. The summed E-state index contributed by atoms with van der Waals surface area (Å²) in [6.45, 7) is 4.22. The van der Waals surface area contributed by atoms with Crippen molar-refractivity contribution in [1.29, 1.82) is 0 Å². The summed E-state index contributed by atoms with van der Waals surface area (Å²) in [4.78, 5) is 12.9. The largest absolute Gasteiger partial charge is 0.497 e. The van der Waals surface area contributed by atoms with Gasteiger partial charge in [0.1, 0.15) is 11.3 Å². The maximum atomic E-state index is 12.9. The number of fused-ring (bicyclic) bond motifs is 1. The Kier molecular flexibility index (Phi) is 4.94. The van der Waals surface area contributed by atoms with Crippen LogP contribution in [-0.2, 0) is 6.54 Å². The molecule has 0 aliphatic carbocycles. The third kappa shape index (κ3) is 3.67. The lowest BCUT2D eigenvalue weighted by molar-refractivity contribution is 0.155. The Morgan fingerprint density at radius 3 is 2.48 bits per heavy atom. The monoisotopic (exact) mass is 389 g/mol. The van der Waals surface area contributed by atoms with E-state index in [2.05, 4.69) is 5.10 Å². The first-order chi connectivity index (χ1) is 14.0. The zero-order valence-electron chi connectivity index (χ0n) is 16.7. The Labute approximate surface area is 168 Å². The first-order valence-corrected chi connectivity index (χ1v) is 9.45. The minimum Gasteiger partial charge on any atom is -0.497 e. The number of ether oxygens (including phenoxy) is 1. The molecule has 0 saturated heterocycles. The van der Waals surface area contributed by atoms with Crippen molar-refractivity contribution in [3.8, 4) is 17.0 Å². The molecule has 0 saturated carbocycles. The molecule has 4 aromatic rings. The second kappa shape index (κ2) is 7.56. The minimum atomic E-state index is -0.765. The molecule has 0 unspecified atom stereocenters. The van der Waals surface area contributed by atoms with Gasteiger partial charge in [0.05, 0.1) is 25.5 Å². The van der Waals surface area contributed by atoms with Gasteiger partial charge in [0.25, 0.3) is 5.56 Å². The van der Waals surface area contributed by atoms with E-state index in [4.69, 9.17) is 4.74 Å². The van der Waals surface area contributed by atoms with Crippen LogP contribution in [0.2, 0.25) is 0 Å². The molecule has 0 aliphatic rings. The number of rotatable bonds is 5. The molecule has 1 atom stereocenters. The average Bonchev–Trinajstić information content (AvgIpc) is 3.17. The van der Waals surface area contributed by atoms with Gasteiger partial charge in [-0.05, 0) is 60.9 Å². The normalized spacial score (nSPS) is 12.3. The van der Waals surface area contributed by atoms with Crippen LogP contribution in [0.1, 0.15) is 22.8 Å². The molecule has 0 aliphatic heterocycles. The zero-order chi connectivity index (χ0) is 20.5. The molecule has 6 heteroatoms. The Morgan fingerprint density at radius 1 is 1.03 bits per heavy atom. The van der Waals surface area contributed by atoms with Crippen molar-refractivity contribution in [3.05, 3.63) is 88.0 Å². The molecule has 6 nitrogen and oxygen atoms in total. The summed E-state index contributed by atoms with van der Waals surface area (Å²) >= 11 is 0. The number of aryl methyl sites for hydroxylation is 2. The number of hydrogen-bond acceptors (Lipinski definition) is 4. The zero-order valence-corrected chi connectivity index (χ0v) is 16.7. The molecule has 0 spiro atoms. The van der Waals surface area contributed by atoms with Gasteiger partial charge in [-0.1, -0.05) is 18.2 Å². The highest BCUT2D eigenvalue weighted by Crippen LogP contribution is 2.22. The number of aliphatic hydroxyl groups excluding tert-OH is 1. The van der Waals surface area contributed by atoms with Crippen molar-refractivity contribution in [3.63, 3.8) is 0 Å². The predicted octanol–water partition coefficient (Wildman–Crippen LogP) is 3.52. The van der Waals surface area contributed by atoms with Crippen molar-refractivity contribution in [2.45, 2.75) is 26.5 Å². The van der Waals surface area contributed by atoms with Crippen molar-refractivity contribution in [2.24, 2.45) is 0 Å². The smallest absolute Gasteiger partial charge is 0.276 e. The standard InChI is InChI=1S/C23H23N3O3/c1-15-4-5-18(12-16(15)2)22(27)14-25-10-11-26-21(23(25)28)13-20(24-26)17-6-8-19(29-3)9-7-17/h4-13,22,27H,14H2,1-3H3/t22-/m0/s1. The van der Waals surface area contributed by atoms with Crippen LogP contribution in [0, 0.1) is 13.8 Å².